The van der Waals surface area contributed by atoms with Crippen molar-refractivity contribution in [3.8, 4) is 10.6 Å². The number of nitrogens with zero attached hydrogens (tertiary/aromatic N) is 4. The van der Waals surface area contributed by atoms with Crippen molar-refractivity contribution < 1.29 is 9.47 Å². The van der Waals surface area contributed by atoms with Gasteiger partial charge in [-0.15, -0.1) is 11.3 Å². The highest BCUT2D eigenvalue weighted by atomic mass is 32.1. The van der Waals surface area contributed by atoms with Crippen molar-refractivity contribution in [3.05, 3.63) is 23.0 Å². The first kappa shape index (κ1) is 19.4. The number of ether oxygens (including phenoxy) is 2. The molecule has 0 aromatic carbocycles. The van der Waals surface area contributed by atoms with Crippen LogP contribution in [-0.2, 0) is 9.47 Å². The Bertz CT molecular complexity index is 857. The SMILES string of the molecule is Cc1nc(C)c(-c2ccnc(N3CCC(NC4CCC5(CC4)OCCO5)C3)n2)s1. The summed E-state index contributed by atoms with van der Waals surface area (Å²) in [4.78, 5) is 17.4. The smallest absolute Gasteiger partial charge is 0.225 e. The number of aromatic nitrogens is 3. The molecule has 1 atom stereocenters. The number of rotatable bonds is 4. The van der Waals surface area contributed by atoms with E-state index in [9.17, 15) is 0 Å². The van der Waals surface area contributed by atoms with Crippen molar-refractivity contribution in [2.75, 3.05) is 31.2 Å². The summed E-state index contributed by atoms with van der Waals surface area (Å²) in [7, 11) is 0. The molecule has 2 saturated heterocycles. The summed E-state index contributed by atoms with van der Waals surface area (Å²) >= 11 is 1.70. The molecule has 8 heteroatoms. The van der Waals surface area contributed by atoms with Crippen LogP contribution in [0.15, 0.2) is 12.3 Å². The maximum Gasteiger partial charge on any atom is 0.225 e. The first-order chi connectivity index (χ1) is 14.1. The Kier molecular flexibility index (Phi) is 5.28. The molecule has 29 heavy (non-hydrogen) atoms. The first-order valence-corrected chi connectivity index (χ1v) is 11.5. The van der Waals surface area contributed by atoms with E-state index in [-0.39, 0.29) is 5.79 Å². The van der Waals surface area contributed by atoms with Crippen LogP contribution < -0.4 is 10.2 Å². The van der Waals surface area contributed by atoms with E-state index in [2.05, 4.69) is 20.2 Å². The first-order valence-electron chi connectivity index (χ1n) is 10.7. The average Bonchev–Trinajstić information content (AvgIpc) is 3.45. The minimum absolute atomic E-state index is 0.276. The number of thiazole rings is 1. The van der Waals surface area contributed by atoms with Crippen LogP contribution in [0.3, 0.4) is 0 Å². The largest absolute Gasteiger partial charge is 0.348 e. The third kappa shape index (κ3) is 4.03. The van der Waals surface area contributed by atoms with Gasteiger partial charge in [0.25, 0.3) is 0 Å². The maximum absolute atomic E-state index is 5.85. The third-order valence-corrected chi connectivity index (χ3v) is 7.38. The fourth-order valence-corrected chi connectivity index (χ4v) is 5.71. The highest BCUT2D eigenvalue weighted by molar-refractivity contribution is 7.15. The van der Waals surface area contributed by atoms with Gasteiger partial charge in [0.2, 0.25) is 5.95 Å². The number of hydrogen-bond donors (Lipinski definition) is 1. The number of aryl methyl sites for hydroxylation is 2. The van der Waals surface area contributed by atoms with Crippen LogP contribution in [0.2, 0.25) is 0 Å². The van der Waals surface area contributed by atoms with E-state index in [0.717, 1.165) is 85.6 Å². The summed E-state index contributed by atoms with van der Waals surface area (Å²) in [6.45, 7) is 7.53. The van der Waals surface area contributed by atoms with Crippen LogP contribution >= 0.6 is 11.3 Å². The van der Waals surface area contributed by atoms with Crippen LogP contribution in [0.1, 0.15) is 42.8 Å². The molecule has 4 heterocycles. The fraction of sp³-hybridized carbons (Fsp3) is 0.667. The Hall–Kier alpha value is -1.61. The second kappa shape index (κ2) is 7.91. The summed E-state index contributed by atoms with van der Waals surface area (Å²) < 4.78 is 11.7. The van der Waals surface area contributed by atoms with Gasteiger partial charge in [0, 0.05) is 44.2 Å². The second-order valence-corrected chi connectivity index (χ2v) is 9.57. The lowest BCUT2D eigenvalue weighted by molar-refractivity contribution is -0.179. The summed E-state index contributed by atoms with van der Waals surface area (Å²) in [5.74, 6) is 0.550. The molecular weight excluding hydrogens is 386 g/mol. The topological polar surface area (TPSA) is 72.4 Å². The van der Waals surface area contributed by atoms with Gasteiger partial charge in [-0.2, -0.15) is 0 Å². The highest BCUT2D eigenvalue weighted by Crippen LogP contribution is 2.36. The van der Waals surface area contributed by atoms with Gasteiger partial charge in [-0.3, -0.25) is 0 Å². The average molecular weight is 416 g/mol. The molecule has 3 aliphatic rings. The summed E-state index contributed by atoms with van der Waals surface area (Å²) in [5, 5.41) is 4.94. The normalized spacial score (nSPS) is 24.6. The molecule has 0 bridgehead atoms. The van der Waals surface area contributed by atoms with Gasteiger partial charge in [-0.1, -0.05) is 0 Å². The van der Waals surface area contributed by atoms with Gasteiger partial charge in [-0.05, 0) is 39.2 Å². The van der Waals surface area contributed by atoms with Crippen LogP contribution in [0, 0.1) is 13.8 Å². The molecule has 0 amide bonds. The summed E-state index contributed by atoms with van der Waals surface area (Å²) in [5.41, 5.74) is 2.02. The van der Waals surface area contributed by atoms with E-state index in [1.165, 1.54) is 0 Å². The fourth-order valence-electron chi connectivity index (χ4n) is 4.82. The van der Waals surface area contributed by atoms with E-state index >= 15 is 0 Å². The number of anilines is 1. The molecule has 2 aromatic rings. The van der Waals surface area contributed by atoms with Crippen molar-refractivity contribution in [1.82, 2.24) is 20.3 Å². The maximum atomic E-state index is 5.85. The lowest BCUT2D eigenvalue weighted by Crippen LogP contribution is -2.46. The molecule has 2 aliphatic heterocycles. The lowest BCUT2D eigenvalue weighted by Gasteiger charge is -2.36. The van der Waals surface area contributed by atoms with Crippen molar-refractivity contribution in [2.24, 2.45) is 0 Å². The molecule has 1 N–H and O–H groups in total. The third-order valence-electron chi connectivity index (χ3n) is 6.28. The molecular formula is C21H29N5O2S. The Labute approximate surface area is 175 Å². The van der Waals surface area contributed by atoms with E-state index in [1.807, 2.05) is 26.1 Å². The van der Waals surface area contributed by atoms with Gasteiger partial charge in [0.1, 0.15) is 0 Å². The van der Waals surface area contributed by atoms with Gasteiger partial charge in [0.05, 0.1) is 34.5 Å². The van der Waals surface area contributed by atoms with Crippen molar-refractivity contribution in [1.29, 1.82) is 0 Å². The molecule has 1 aliphatic carbocycles. The predicted molar refractivity (Wildman–Crippen MR) is 113 cm³/mol. The lowest BCUT2D eigenvalue weighted by atomic mass is 9.89. The molecule has 5 rings (SSSR count). The van der Waals surface area contributed by atoms with Crippen LogP contribution in [-0.4, -0.2) is 59.1 Å². The Morgan fingerprint density at radius 1 is 1.10 bits per heavy atom. The Morgan fingerprint density at radius 3 is 2.62 bits per heavy atom. The molecule has 2 aromatic heterocycles. The quantitative estimate of drug-likeness (QED) is 0.823. The van der Waals surface area contributed by atoms with Crippen molar-refractivity contribution in [3.63, 3.8) is 0 Å². The second-order valence-electron chi connectivity index (χ2n) is 8.37. The zero-order chi connectivity index (χ0) is 19.8. The zero-order valence-electron chi connectivity index (χ0n) is 17.2. The van der Waals surface area contributed by atoms with Gasteiger partial charge in [0.15, 0.2) is 5.79 Å². The van der Waals surface area contributed by atoms with E-state index in [0.29, 0.717) is 12.1 Å². The molecule has 1 saturated carbocycles. The van der Waals surface area contributed by atoms with Crippen LogP contribution in [0.25, 0.3) is 10.6 Å². The zero-order valence-corrected chi connectivity index (χ0v) is 18.0. The molecule has 0 radical (unpaired) electrons. The predicted octanol–water partition coefficient (Wildman–Crippen LogP) is 3.07. The van der Waals surface area contributed by atoms with Gasteiger partial charge in [-0.25, -0.2) is 15.0 Å². The van der Waals surface area contributed by atoms with Crippen molar-refractivity contribution >= 4 is 17.3 Å². The summed E-state index contributed by atoms with van der Waals surface area (Å²) in [6.07, 6.45) is 7.23. The molecule has 3 fully saturated rings. The van der Waals surface area contributed by atoms with E-state index in [4.69, 9.17) is 14.5 Å². The molecule has 1 unspecified atom stereocenters. The Balaban J connectivity index is 1.19. The molecule has 7 nitrogen and oxygen atoms in total. The number of nitrogens with one attached hydrogen (secondary N) is 1. The minimum atomic E-state index is -0.276. The Morgan fingerprint density at radius 2 is 1.90 bits per heavy atom. The molecule has 156 valence electrons. The highest BCUT2D eigenvalue weighted by Gasteiger charge is 2.41. The van der Waals surface area contributed by atoms with E-state index in [1.54, 1.807) is 11.3 Å². The van der Waals surface area contributed by atoms with E-state index < -0.39 is 0 Å². The van der Waals surface area contributed by atoms with Crippen LogP contribution in [0.5, 0.6) is 0 Å². The monoisotopic (exact) mass is 415 g/mol. The van der Waals surface area contributed by atoms with Gasteiger partial charge >= 0.3 is 0 Å². The standard InChI is InChI=1S/C21H29N5O2S/c1-14-19(29-15(2)23-14)18-5-9-22-20(25-18)26-10-6-17(13-26)24-16-3-7-21(8-4-16)27-11-12-28-21/h5,9,16-17,24H,3-4,6-8,10-13H2,1-2H3. The van der Waals surface area contributed by atoms with Crippen molar-refractivity contribution in [2.45, 2.75) is 63.8 Å². The van der Waals surface area contributed by atoms with Crippen LogP contribution in [0.4, 0.5) is 5.95 Å². The number of hydrogen-bond acceptors (Lipinski definition) is 8. The minimum Gasteiger partial charge on any atom is -0.348 e. The van der Waals surface area contributed by atoms with Gasteiger partial charge < -0.3 is 19.7 Å². The summed E-state index contributed by atoms with van der Waals surface area (Å²) in [6, 6.07) is 3.02. The molecule has 1 spiro atoms.